The van der Waals surface area contributed by atoms with E-state index < -0.39 is 12.3 Å². The number of hydrogen-bond donors (Lipinski definition) is 3. The molecular formula is C22H23N7O3. The summed E-state index contributed by atoms with van der Waals surface area (Å²) in [4.78, 5) is 25.2. The van der Waals surface area contributed by atoms with Gasteiger partial charge in [-0.05, 0) is 43.2 Å². The average Bonchev–Trinajstić information content (AvgIpc) is 3.40. The summed E-state index contributed by atoms with van der Waals surface area (Å²) in [6.45, 7) is 3.35. The Morgan fingerprint density at radius 2 is 2.09 bits per heavy atom. The number of hydrogen-bond acceptors (Lipinski definition) is 8. The van der Waals surface area contributed by atoms with Crippen LogP contribution in [0.3, 0.4) is 0 Å². The monoisotopic (exact) mass is 433 g/mol. The molecular weight excluding hydrogens is 410 g/mol. The van der Waals surface area contributed by atoms with Crippen LogP contribution in [0, 0.1) is 6.92 Å². The molecule has 3 aromatic rings. The Hall–Kier alpha value is -3.60. The maximum Gasteiger partial charge on any atom is 0.324 e. The fourth-order valence-corrected chi connectivity index (χ4v) is 3.85. The standard InChI is InChI=1S/C22H23N7O3/c1-14-2-4-17(9-24-14)25-22(31)27-20-11-23-10-18(26-20)15-3-5-19-16(8-15)6-7-28(19)29-13-32-12-21(29)30/h2-5,8-11,21,30H,6-7,12-13H2,1H3,(H2,25,26,27,31). The third-order valence-electron chi connectivity index (χ3n) is 5.44. The number of rotatable bonds is 4. The zero-order valence-electron chi connectivity index (χ0n) is 17.5. The van der Waals surface area contributed by atoms with Gasteiger partial charge in [-0.25, -0.2) is 9.78 Å². The topological polar surface area (TPSA) is 116 Å². The number of amides is 2. The van der Waals surface area contributed by atoms with E-state index in [-0.39, 0.29) is 0 Å². The van der Waals surface area contributed by atoms with Crippen LogP contribution in [0.15, 0.2) is 48.9 Å². The van der Waals surface area contributed by atoms with Crippen LogP contribution in [-0.2, 0) is 11.2 Å². The quantitative estimate of drug-likeness (QED) is 0.574. The van der Waals surface area contributed by atoms with Crippen LogP contribution < -0.4 is 15.6 Å². The highest BCUT2D eigenvalue weighted by atomic mass is 16.5. The number of nitrogens with zero attached hydrogens (tertiary/aromatic N) is 5. The van der Waals surface area contributed by atoms with Crippen LogP contribution >= 0.6 is 0 Å². The third kappa shape index (κ3) is 4.11. The predicted octanol–water partition coefficient (Wildman–Crippen LogP) is 2.38. The fourth-order valence-electron chi connectivity index (χ4n) is 3.85. The fraction of sp³-hybridized carbons (Fsp3) is 0.273. The number of nitrogens with one attached hydrogen (secondary N) is 2. The van der Waals surface area contributed by atoms with E-state index in [0.717, 1.165) is 35.5 Å². The molecule has 0 aliphatic carbocycles. The molecule has 5 rings (SSSR count). The maximum atomic E-state index is 12.3. The van der Waals surface area contributed by atoms with E-state index in [1.165, 1.54) is 6.20 Å². The summed E-state index contributed by atoms with van der Waals surface area (Å²) in [6.07, 6.45) is 4.99. The molecule has 1 fully saturated rings. The Balaban J connectivity index is 1.30. The lowest BCUT2D eigenvalue weighted by Crippen LogP contribution is -2.45. The lowest BCUT2D eigenvalue weighted by atomic mass is 10.1. The molecule has 10 nitrogen and oxygen atoms in total. The van der Waals surface area contributed by atoms with Crippen molar-refractivity contribution in [2.24, 2.45) is 0 Å². The first-order valence-corrected chi connectivity index (χ1v) is 10.3. The van der Waals surface area contributed by atoms with Crippen LogP contribution in [0.4, 0.5) is 22.0 Å². The first kappa shape index (κ1) is 20.3. The number of ether oxygens (including phenoxy) is 1. The summed E-state index contributed by atoms with van der Waals surface area (Å²) >= 11 is 0. The second-order valence-corrected chi connectivity index (χ2v) is 7.69. The second-order valence-electron chi connectivity index (χ2n) is 7.69. The Morgan fingerprint density at radius 1 is 1.19 bits per heavy atom. The summed E-state index contributed by atoms with van der Waals surface area (Å²) in [5.41, 5.74) is 5.23. The summed E-state index contributed by atoms with van der Waals surface area (Å²) in [6, 6.07) is 9.24. The number of hydrazine groups is 1. The molecule has 3 N–H and O–H groups in total. The molecule has 1 unspecified atom stereocenters. The van der Waals surface area contributed by atoms with Gasteiger partial charge in [-0.3, -0.25) is 15.3 Å². The minimum absolute atomic E-state index is 0.313. The second kappa shape index (κ2) is 8.50. The molecule has 164 valence electrons. The molecule has 1 aromatic carbocycles. The molecule has 0 bridgehead atoms. The molecule has 2 aliphatic rings. The number of anilines is 3. The minimum Gasteiger partial charge on any atom is -0.374 e. The van der Waals surface area contributed by atoms with Crippen LogP contribution in [0.2, 0.25) is 0 Å². The van der Waals surface area contributed by atoms with Crippen molar-refractivity contribution < 1.29 is 14.6 Å². The number of aliphatic hydroxyl groups is 1. The van der Waals surface area contributed by atoms with Gasteiger partial charge in [-0.1, -0.05) is 6.07 Å². The zero-order chi connectivity index (χ0) is 22.1. The van der Waals surface area contributed by atoms with Gasteiger partial charge >= 0.3 is 6.03 Å². The predicted molar refractivity (Wildman–Crippen MR) is 119 cm³/mol. The van der Waals surface area contributed by atoms with Crippen molar-refractivity contribution in [2.45, 2.75) is 19.6 Å². The maximum absolute atomic E-state index is 12.3. The van der Waals surface area contributed by atoms with Gasteiger partial charge in [0.1, 0.15) is 13.0 Å². The average molecular weight is 433 g/mol. The molecule has 0 radical (unpaired) electrons. The van der Waals surface area contributed by atoms with E-state index in [4.69, 9.17) is 4.74 Å². The van der Waals surface area contributed by atoms with Gasteiger partial charge in [-0.15, -0.1) is 0 Å². The van der Waals surface area contributed by atoms with Crippen molar-refractivity contribution in [2.75, 3.05) is 35.5 Å². The van der Waals surface area contributed by atoms with Crippen LogP contribution in [-0.4, -0.2) is 57.2 Å². The van der Waals surface area contributed by atoms with E-state index in [1.54, 1.807) is 18.5 Å². The van der Waals surface area contributed by atoms with Gasteiger partial charge in [0.15, 0.2) is 5.82 Å². The van der Waals surface area contributed by atoms with Crippen molar-refractivity contribution in [1.82, 2.24) is 20.0 Å². The lowest BCUT2D eigenvalue weighted by Gasteiger charge is -2.31. The van der Waals surface area contributed by atoms with Crippen molar-refractivity contribution in [3.8, 4) is 11.3 Å². The summed E-state index contributed by atoms with van der Waals surface area (Å²) in [5, 5.41) is 19.4. The number of aliphatic hydroxyl groups excluding tert-OH is 1. The van der Waals surface area contributed by atoms with Gasteiger partial charge in [0.2, 0.25) is 0 Å². The number of urea groups is 1. The number of fused-ring (bicyclic) bond motifs is 1. The molecule has 1 atom stereocenters. The highest BCUT2D eigenvalue weighted by molar-refractivity contribution is 5.99. The van der Waals surface area contributed by atoms with Gasteiger partial charge in [-0.2, -0.15) is 5.01 Å². The van der Waals surface area contributed by atoms with Gasteiger partial charge in [0.25, 0.3) is 0 Å². The largest absolute Gasteiger partial charge is 0.374 e. The Kier molecular flexibility index (Phi) is 5.39. The molecule has 0 spiro atoms. The molecule has 1 saturated heterocycles. The number of carbonyl (C=O) groups is 1. The SMILES string of the molecule is Cc1ccc(NC(=O)Nc2cncc(-c3ccc4c(c3)CCN4N3COCC3O)n2)cn1. The van der Waals surface area contributed by atoms with Gasteiger partial charge in [0, 0.05) is 17.8 Å². The van der Waals surface area contributed by atoms with Gasteiger partial charge in [0.05, 0.1) is 42.3 Å². The van der Waals surface area contributed by atoms with Crippen LogP contribution in [0.5, 0.6) is 0 Å². The van der Waals surface area contributed by atoms with Crippen molar-refractivity contribution >= 4 is 23.2 Å². The van der Waals surface area contributed by atoms with Gasteiger partial charge < -0.3 is 20.2 Å². The van der Waals surface area contributed by atoms with E-state index in [0.29, 0.717) is 30.5 Å². The first-order chi connectivity index (χ1) is 15.6. The molecule has 4 heterocycles. The number of aromatic nitrogens is 3. The van der Waals surface area contributed by atoms with E-state index >= 15 is 0 Å². The molecule has 2 amide bonds. The summed E-state index contributed by atoms with van der Waals surface area (Å²) in [7, 11) is 0. The molecule has 0 saturated carbocycles. The summed E-state index contributed by atoms with van der Waals surface area (Å²) < 4.78 is 5.35. The van der Waals surface area contributed by atoms with Crippen molar-refractivity contribution in [3.05, 3.63) is 60.2 Å². The third-order valence-corrected chi connectivity index (χ3v) is 5.44. The Morgan fingerprint density at radius 3 is 2.88 bits per heavy atom. The molecule has 10 heteroatoms. The normalized spacial score (nSPS) is 17.9. The number of benzene rings is 1. The highest BCUT2D eigenvalue weighted by Crippen LogP contribution is 2.34. The smallest absolute Gasteiger partial charge is 0.324 e. The first-order valence-electron chi connectivity index (χ1n) is 10.3. The minimum atomic E-state index is -0.629. The molecule has 32 heavy (non-hydrogen) atoms. The molecule has 2 aromatic heterocycles. The summed E-state index contributed by atoms with van der Waals surface area (Å²) in [5.74, 6) is 0.347. The number of carbonyl (C=O) groups excluding carboxylic acids is 1. The lowest BCUT2D eigenvalue weighted by molar-refractivity contribution is 0.0392. The van der Waals surface area contributed by atoms with Crippen molar-refractivity contribution in [1.29, 1.82) is 0 Å². The highest BCUT2D eigenvalue weighted by Gasteiger charge is 2.32. The molecule has 2 aliphatic heterocycles. The number of aryl methyl sites for hydroxylation is 1. The van der Waals surface area contributed by atoms with E-state index in [1.807, 2.05) is 30.1 Å². The van der Waals surface area contributed by atoms with Crippen molar-refractivity contribution in [3.63, 3.8) is 0 Å². The van der Waals surface area contributed by atoms with Crippen LogP contribution in [0.25, 0.3) is 11.3 Å². The Bertz CT molecular complexity index is 1140. The van der Waals surface area contributed by atoms with E-state index in [2.05, 4.69) is 36.7 Å². The van der Waals surface area contributed by atoms with Crippen LogP contribution in [0.1, 0.15) is 11.3 Å². The zero-order valence-corrected chi connectivity index (χ0v) is 17.5. The Labute approximate surface area is 184 Å². The number of pyridine rings is 1. The van der Waals surface area contributed by atoms with E-state index in [9.17, 15) is 9.90 Å².